The second kappa shape index (κ2) is 10.6. The molecule has 0 heterocycles. The van der Waals surface area contributed by atoms with Gasteiger partial charge in [0.25, 0.3) is 0 Å². The smallest absolute Gasteiger partial charge is 0.335 e. The van der Waals surface area contributed by atoms with Gasteiger partial charge in [0, 0.05) is 10.0 Å². The van der Waals surface area contributed by atoms with Crippen molar-refractivity contribution in [3.8, 4) is 0 Å². The van der Waals surface area contributed by atoms with Crippen molar-refractivity contribution in [2.24, 2.45) is 5.92 Å². The molecule has 0 amide bonds. The Kier molecular flexibility index (Phi) is 7.32. The zero-order valence-electron chi connectivity index (χ0n) is 19.8. The van der Waals surface area contributed by atoms with Crippen molar-refractivity contribution in [3.05, 3.63) is 104 Å². The van der Waals surface area contributed by atoms with E-state index in [4.69, 9.17) is 23.2 Å². The molecule has 3 aromatic rings. The summed E-state index contributed by atoms with van der Waals surface area (Å²) in [5.74, 6) is -0.0964. The van der Waals surface area contributed by atoms with E-state index in [2.05, 4.69) is 24.3 Å². The summed E-state index contributed by atoms with van der Waals surface area (Å²) in [5.41, 5.74) is 8.36. The van der Waals surface area contributed by atoms with Gasteiger partial charge in [-0.2, -0.15) is 0 Å². The maximum absolute atomic E-state index is 11.6. The molecule has 3 aromatic carbocycles. The molecule has 2 aliphatic rings. The highest BCUT2D eigenvalue weighted by Crippen LogP contribution is 2.42. The molecule has 0 radical (unpaired) electrons. The third kappa shape index (κ3) is 5.34. The van der Waals surface area contributed by atoms with Crippen LogP contribution in [0.25, 0.3) is 11.1 Å². The van der Waals surface area contributed by atoms with Crippen molar-refractivity contribution in [1.82, 2.24) is 0 Å². The Morgan fingerprint density at radius 1 is 0.829 bits per heavy atom. The number of allylic oxidation sites excluding steroid dienone is 1. The lowest BCUT2D eigenvalue weighted by atomic mass is 9.84. The summed E-state index contributed by atoms with van der Waals surface area (Å²) >= 11 is 12.9. The average molecular weight is 505 g/mol. The number of hydrogen-bond acceptors (Lipinski definition) is 1. The Morgan fingerprint density at radius 2 is 1.57 bits per heavy atom. The Balaban J connectivity index is 1.61. The van der Waals surface area contributed by atoms with Crippen molar-refractivity contribution >= 4 is 40.3 Å². The molecule has 0 atom stereocenters. The highest BCUT2D eigenvalue weighted by Gasteiger charge is 2.23. The molecule has 0 aromatic heterocycles. The minimum absolute atomic E-state index is 0.332. The second-order valence-corrected chi connectivity index (χ2v) is 10.8. The van der Waals surface area contributed by atoms with Crippen LogP contribution in [0.15, 0.2) is 60.7 Å². The minimum atomic E-state index is -0.893. The molecule has 180 valence electrons. The first-order valence-corrected chi connectivity index (χ1v) is 13.4. The molecular weight excluding hydrogens is 475 g/mol. The summed E-state index contributed by atoms with van der Waals surface area (Å²) in [4.78, 5) is 11.6. The second-order valence-electron chi connectivity index (χ2n) is 9.91. The molecule has 2 aliphatic carbocycles. The van der Waals surface area contributed by atoms with Gasteiger partial charge in [0.1, 0.15) is 0 Å². The molecular formula is C31H30Cl2O2. The summed E-state index contributed by atoms with van der Waals surface area (Å²) in [6.07, 6.45) is 10.5. The monoisotopic (exact) mass is 504 g/mol. The molecule has 0 aliphatic heterocycles. The normalized spacial score (nSPS) is 16.6. The lowest BCUT2D eigenvalue weighted by Gasteiger charge is -2.22. The first-order valence-electron chi connectivity index (χ1n) is 12.6. The van der Waals surface area contributed by atoms with Crippen molar-refractivity contribution in [2.45, 2.75) is 57.8 Å². The van der Waals surface area contributed by atoms with E-state index in [1.54, 1.807) is 12.1 Å². The number of aromatic carboxylic acids is 1. The van der Waals surface area contributed by atoms with E-state index in [-0.39, 0.29) is 0 Å². The summed E-state index contributed by atoms with van der Waals surface area (Å²) in [7, 11) is 0. The Bertz CT molecular complexity index is 1270. The summed E-state index contributed by atoms with van der Waals surface area (Å²) in [5, 5.41) is 10.8. The van der Waals surface area contributed by atoms with Crippen molar-refractivity contribution < 1.29 is 9.90 Å². The molecule has 4 heteroatoms. The van der Waals surface area contributed by atoms with E-state index in [1.165, 1.54) is 43.2 Å². The van der Waals surface area contributed by atoms with Crippen LogP contribution in [0.3, 0.4) is 0 Å². The van der Waals surface area contributed by atoms with Gasteiger partial charge < -0.3 is 5.11 Å². The van der Waals surface area contributed by atoms with Gasteiger partial charge in [-0.3, -0.25) is 0 Å². The fourth-order valence-corrected chi connectivity index (χ4v) is 6.31. The van der Waals surface area contributed by atoms with Crippen LogP contribution >= 0.6 is 23.2 Å². The number of rotatable bonds is 5. The maximum Gasteiger partial charge on any atom is 0.335 e. The lowest BCUT2D eigenvalue weighted by molar-refractivity contribution is 0.0696. The van der Waals surface area contributed by atoms with Crippen LogP contribution in [-0.2, 0) is 12.8 Å². The molecule has 1 fully saturated rings. The molecule has 1 saturated carbocycles. The van der Waals surface area contributed by atoms with Crippen LogP contribution in [0.1, 0.15) is 83.1 Å². The Morgan fingerprint density at radius 3 is 2.29 bits per heavy atom. The number of fused-ring (bicyclic) bond motifs is 1. The summed E-state index contributed by atoms with van der Waals surface area (Å²) in [6.45, 7) is 0. The number of halogens is 2. The first-order chi connectivity index (χ1) is 17.0. The highest BCUT2D eigenvalue weighted by molar-refractivity contribution is 6.36. The molecule has 0 spiro atoms. The number of carbonyl (C=O) groups is 1. The topological polar surface area (TPSA) is 37.3 Å². The highest BCUT2D eigenvalue weighted by atomic mass is 35.5. The largest absolute Gasteiger partial charge is 0.478 e. The number of carboxylic acid groups (broad SMARTS) is 1. The minimum Gasteiger partial charge on any atom is -0.478 e. The van der Waals surface area contributed by atoms with Crippen molar-refractivity contribution in [2.75, 3.05) is 0 Å². The maximum atomic E-state index is 11.6. The molecule has 35 heavy (non-hydrogen) atoms. The fraction of sp³-hybridized carbons (Fsp3) is 0.323. The predicted octanol–water partition coefficient (Wildman–Crippen LogP) is 9.11. The van der Waals surface area contributed by atoms with E-state index in [1.807, 2.05) is 24.3 Å². The van der Waals surface area contributed by atoms with Gasteiger partial charge in [-0.15, -0.1) is 0 Å². The van der Waals surface area contributed by atoms with E-state index in [9.17, 15) is 9.90 Å². The van der Waals surface area contributed by atoms with Gasteiger partial charge in [0.15, 0.2) is 0 Å². The van der Waals surface area contributed by atoms with Crippen LogP contribution in [0.2, 0.25) is 10.0 Å². The lowest BCUT2D eigenvalue weighted by Crippen LogP contribution is -2.09. The Labute approximate surface area is 217 Å². The Hall–Kier alpha value is -2.55. The molecule has 0 bridgehead atoms. The first kappa shape index (κ1) is 24.2. The van der Waals surface area contributed by atoms with Gasteiger partial charge >= 0.3 is 5.97 Å². The van der Waals surface area contributed by atoms with E-state index in [0.717, 1.165) is 59.4 Å². The van der Waals surface area contributed by atoms with Gasteiger partial charge in [-0.05, 0) is 94.8 Å². The van der Waals surface area contributed by atoms with Gasteiger partial charge in [-0.1, -0.05) is 91.7 Å². The number of carboxylic acids is 1. The fourth-order valence-electron chi connectivity index (χ4n) is 5.79. The standard InChI is InChI=1S/C31H30Cl2O2/c32-25-14-16-27(29(33)19-25)28-8-4-7-23-18-24(31(34)35)13-15-26(23)30(28)22-11-9-21(10-12-22)17-20-5-2-1-3-6-20/h9-16,18-20H,1-8,17H2,(H,34,35). The van der Waals surface area contributed by atoms with Gasteiger partial charge in [-0.25, -0.2) is 4.79 Å². The van der Waals surface area contributed by atoms with Crippen LogP contribution in [-0.4, -0.2) is 11.1 Å². The molecule has 1 N–H and O–H groups in total. The number of aryl methyl sites for hydroxylation is 1. The van der Waals surface area contributed by atoms with E-state index < -0.39 is 5.97 Å². The third-order valence-corrected chi connectivity index (χ3v) is 8.09. The molecule has 0 unspecified atom stereocenters. The quantitative estimate of drug-likeness (QED) is 0.375. The predicted molar refractivity (Wildman–Crippen MR) is 145 cm³/mol. The van der Waals surface area contributed by atoms with Gasteiger partial charge in [0.05, 0.1) is 5.56 Å². The average Bonchev–Trinajstić information content (AvgIpc) is 3.04. The number of hydrogen-bond donors (Lipinski definition) is 1. The molecule has 2 nitrogen and oxygen atoms in total. The van der Waals surface area contributed by atoms with Crippen LogP contribution in [0, 0.1) is 5.92 Å². The SMILES string of the molecule is O=C(O)c1ccc2c(c1)CCCC(c1ccc(Cl)cc1Cl)=C2c1ccc(CC2CCCCC2)cc1. The number of benzene rings is 3. The van der Waals surface area contributed by atoms with Crippen molar-refractivity contribution in [1.29, 1.82) is 0 Å². The van der Waals surface area contributed by atoms with E-state index >= 15 is 0 Å². The molecule has 0 saturated heterocycles. The van der Waals surface area contributed by atoms with E-state index in [0.29, 0.717) is 15.6 Å². The van der Waals surface area contributed by atoms with Crippen LogP contribution in [0.5, 0.6) is 0 Å². The molecule has 5 rings (SSSR count). The van der Waals surface area contributed by atoms with Crippen LogP contribution in [0.4, 0.5) is 0 Å². The summed E-state index contributed by atoms with van der Waals surface area (Å²) < 4.78 is 0. The van der Waals surface area contributed by atoms with Crippen LogP contribution < -0.4 is 0 Å². The summed E-state index contributed by atoms with van der Waals surface area (Å²) in [6, 6.07) is 20.2. The van der Waals surface area contributed by atoms with Gasteiger partial charge in [0.2, 0.25) is 0 Å². The van der Waals surface area contributed by atoms with Crippen molar-refractivity contribution in [3.63, 3.8) is 0 Å². The third-order valence-electron chi connectivity index (χ3n) is 7.54. The zero-order chi connectivity index (χ0) is 24.4. The zero-order valence-corrected chi connectivity index (χ0v) is 21.3.